The lowest BCUT2D eigenvalue weighted by atomic mass is 9.56. The maximum atomic E-state index is 10.00. The van der Waals surface area contributed by atoms with Gasteiger partial charge in [0.15, 0.2) is 0 Å². The monoisotopic (exact) mass is 824 g/mol. The predicted molar refractivity (Wildman–Crippen MR) is 239 cm³/mol. The lowest BCUT2D eigenvalue weighted by Gasteiger charge is -2.58. The van der Waals surface area contributed by atoms with Crippen LogP contribution in [0.25, 0.3) is 10.8 Å². The zero-order chi connectivity index (χ0) is 41.3. The number of hydrogen-bond donors (Lipinski definition) is 2. The second-order valence-corrected chi connectivity index (χ2v) is 17.5. The molecule has 3 aliphatic rings. The highest BCUT2D eigenvalue weighted by Crippen LogP contribution is 2.63. The number of pyridine rings is 1. The smallest absolute Gasteiger partial charge is 0.231 e. The highest BCUT2D eigenvalue weighted by Gasteiger charge is 2.64. The van der Waals surface area contributed by atoms with E-state index in [-0.39, 0.29) is 42.1 Å². The summed E-state index contributed by atoms with van der Waals surface area (Å²) in [5, 5.41) is 27.1. The Bertz CT molecular complexity index is 2300. The molecule has 2 N–H and O–H groups in total. The summed E-state index contributed by atoms with van der Waals surface area (Å²) in [7, 11) is 0. The van der Waals surface area contributed by atoms with Crippen molar-refractivity contribution < 1.29 is 29.3 Å². The van der Waals surface area contributed by atoms with E-state index < -0.39 is 5.79 Å². The molecule has 0 amide bonds. The van der Waals surface area contributed by atoms with Crippen molar-refractivity contribution in [1.82, 2.24) is 4.98 Å². The topological polar surface area (TPSA) is 103 Å². The molecule has 0 spiro atoms. The van der Waals surface area contributed by atoms with Crippen LogP contribution in [0.5, 0.6) is 11.5 Å². The molecule has 6 unspecified atom stereocenters. The third-order valence-electron chi connectivity index (χ3n) is 12.2. The molecule has 60 heavy (non-hydrogen) atoms. The lowest BCUT2D eigenvalue weighted by molar-refractivity contribution is -0.223. The summed E-state index contributed by atoms with van der Waals surface area (Å²) in [6.45, 7) is 7.39. The van der Waals surface area contributed by atoms with Gasteiger partial charge in [-0.25, -0.2) is 0 Å². The largest absolute Gasteiger partial charge is 0.487 e. The molecule has 9 heteroatoms. The van der Waals surface area contributed by atoms with E-state index in [2.05, 4.69) is 84.4 Å². The van der Waals surface area contributed by atoms with Crippen molar-refractivity contribution >= 4 is 28.2 Å². The molecule has 6 atom stereocenters. The van der Waals surface area contributed by atoms with Gasteiger partial charge in [0.05, 0.1) is 29.2 Å². The molecule has 2 heterocycles. The van der Waals surface area contributed by atoms with Gasteiger partial charge < -0.3 is 29.3 Å². The van der Waals surface area contributed by atoms with Crippen LogP contribution >= 0.6 is 11.8 Å². The number of oxime groups is 1. The molecule has 5 aromatic rings. The molecular weight excluding hydrogens is 769 g/mol. The summed E-state index contributed by atoms with van der Waals surface area (Å²) in [5.74, 6) is 0.511. The molecule has 312 valence electrons. The second-order valence-electron chi connectivity index (χ2n) is 16.2. The lowest BCUT2D eigenvalue weighted by Crippen LogP contribution is -2.64. The Morgan fingerprint density at radius 1 is 0.867 bits per heavy atom. The third-order valence-corrected chi connectivity index (χ3v) is 13.5. The normalized spacial score (nSPS) is 23.6. The van der Waals surface area contributed by atoms with E-state index >= 15 is 0 Å². The first-order valence-corrected chi connectivity index (χ1v) is 22.3. The van der Waals surface area contributed by atoms with Gasteiger partial charge in [-0.1, -0.05) is 96.9 Å². The number of hydrogen-bond acceptors (Lipinski definition) is 9. The number of aliphatic hydroxyl groups excluding tert-OH is 2. The molecule has 0 saturated heterocycles. The SMILES string of the molecule is C=CCOC12Oc3ccc(OCc4cccc(C)n4)cc3C3C(CCCCO)C(CCCCO)C=C(C(=NOCc4ccccc4)CC1Sc1ccc4ccccc4c1)C32. The van der Waals surface area contributed by atoms with Gasteiger partial charge in [0.2, 0.25) is 5.79 Å². The van der Waals surface area contributed by atoms with Gasteiger partial charge >= 0.3 is 0 Å². The van der Waals surface area contributed by atoms with Crippen LogP contribution in [0.3, 0.4) is 0 Å². The van der Waals surface area contributed by atoms with Crippen molar-refractivity contribution in [3.8, 4) is 11.5 Å². The van der Waals surface area contributed by atoms with E-state index in [1.165, 1.54) is 10.8 Å². The van der Waals surface area contributed by atoms with E-state index in [1.54, 1.807) is 11.8 Å². The summed E-state index contributed by atoms with van der Waals surface area (Å²) >= 11 is 1.77. The average molecular weight is 825 g/mol. The Balaban J connectivity index is 1.28. The number of thioether (sulfide) groups is 1. The van der Waals surface area contributed by atoms with E-state index in [9.17, 15) is 10.2 Å². The predicted octanol–water partition coefficient (Wildman–Crippen LogP) is 10.7. The van der Waals surface area contributed by atoms with Crippen LogP contribution in [0.4, 0.5) is 0 Å². The number of fused-ring (bicyclic) bond motifs is 3. The van der Waals surface area contributed by atoms with Gasteiger partial charge in [0.25, 0.3) is 0 Å². The van der Waals surface area contributed by atoms with Crippen molar-refractivity contribution in [2.75, 3.05) is 19.8 Å². The zero-order valence-electron chi connectivity index (χ0n) is 34.5. The van der Waals surface area contributed by atoms with Crippen molar-refractivity contribution in [2.24, 2.45) is 22.9 Å². The molecule has 0 bridgehead atoms. The van der Waals surface area contributed by atoms with E-state index in [0.717, 1.165) is 88.7 Å². The number of aliphatic hydroxyl groups is 2. The number of aromatic nitrogens is 1. The highest BCUT2D eigenvalue weighted by atomic mass is 32.2. The van der Waals surface area contributed by atoms with Gasteiger partial charge in [-0.3, -0.25) is 4.98 Å². The maximum Gasteiger partial charge on any atom is 0.231 e. The van der Waals surface area contributed by atoms with Crippen LogP contribution in [-0.4, -0.2) is 51.8 Å². The van der Waals surface area contributed by atoms with Crippen LogP contribution in [0.2, 0.25) is 0 Å². The molecule has 8 rings (SSSR count). The Morgan fingerprint density at radius 3 is 2.47 bits per heavy atom. The van der Waals surface area contributed by atoms with Crippen LogP contribution in [0.15, 0.2) is 144 Å². The van der Waals surface area contributed by atoms with Gasteiger partial charge in [-0.2, -0.15) is 0 Å². The number of allylic oxidation sites excluding steroid dienone is 1. The molecular formula is C51H56N2O6S. The molecule has 2 aliphatic carbocycles. The van der Waals surface area contributed by atoms with Crippen LogP contribution in [0.1, 0.15) is 73.4 Å². The molecule has 0 radical (unpaired) electrons. The summed E-state index contributed by atoms with van der Waals surface area (Å²) in [5.41, 5.74) is 5.95. The first-order chi connectivity index (χ1) is 29.5. The number of rotatable bonds is 19. The van der Waals surface area contributed by atoms with Crippen molar-refractivity contribution in [1.29, 1.82) is 0 Å². The number of ether oxygens (including phenoxy) is 3. The highest BCUT2D eigenvalue weighted by molar-refractivity contribution is 8.00. The van der Waals surface area contributed by atoms with Crippen LogP contribution < -0.4 is 9.47 Å². The Hall–Kier alpha value is -4.93. The quantitative estimate of drug-likeness (QED) is 0.0482. The molecule has 1 aliphatic heterocycles. The molecule has 1 saturated carbocycles. The van der Waals surface area contributed by atoms with Crippen molar-refractivity contribution in [3.05, 3.63) is 156 Å². The minimum absolute atomic E-state index is 0.0450. The first kappa shape index (κ1) is 41.8. The maximum absolute atomic E-state index is 10.00. The Kier molecular flexibility index (Phi) is 13.7. The van der Waals surface area contributed by atoms with Crippen LogP contribution in [-0.2, 0) is 22.8 Å². The minimum atomic E-state index is -1.09. The molecule has 1 aromatic heterocycles. The average Bonchev–Trinajstić information content (AvgIpc) is 3.27. The molecule has 1 fully saturated rings. The Morgan fingerprint density at radius 2 is 1.67 bits per heavy atom. The van der Waals surface area contributed by atoms with Gasteiger partial charge in [-0.15, -0.1) is 18.3 Å². The third kappa shape index (κ3) is 9.20. The summed E-state index contributed by atoms with van der Waals surface area (Å²) in [4.78, 5) is 12.1. The zero-order valence-corrected chi connectivity index (χ0v) is 35.3. The van der Waals surface area contributed by atoms with E-state index in [4.69, 9.17) is 24.2 Å². The molecule has 8 nitrogen and oxygen atoms in total. The fourth-order valence-electron chi connectivity index (χ4n) is 9.52. The number of benzene rings is 4. The number of aryl methyl sites for hydroxylation is 1. The standard InChI is InChI=1S/C51H56N2O6S/c1-3-28-57-51-48(60-42-24-22-37-17-7-8-18-38(37)29-42)32-46(53-58-33-36-15-5-4-6-16-36)44-30-39(19-9-11-26-54)43(21-10-12-27-55)49(50(44)51)45-31-41(23-25-47(45)59-51)56-34-40-20-13-14-35(2)52-40/h3-8,13-18,20,22-25,29-31,39,43,48-50,54-55H,1,9-12,19,21,26-28,32-34H2,2H3. The number of unbranched alkanes of at least 4 members (excludes halogenated alkanes) is 2. The summed E-state index contributed by atoms with van der Waals surface area (Å²) < 4.78 is 21.1. The van der Waals surface area contributed by atoms with Crippen LogP contribution in [0, 0.1) is 24.7 Å². The fourth-order valence-corrected chi connectivity index (χ4v) is 10.9. The second kappa shape index (κ2) is 19.6. The minimum Gasteiger partial charge on any atom is -0.487 e. The van der Waals surface area contributed by atoms with E-state index in [0.29, 0.717) is 26.2 Å². The number of nitrogens with zero attached hydrogens (tertiary/aromatic N) is 2. The molecule has 4 aromatic carbocycles. The van der Waals surface area contributed by atoms with Gasteiger partial charge in [-0.05, 0) is 109 Å². The summed E-state index contributed by atoms with van der Waals surface area (Å²) in [6.07, 6.45) is 9.86. The fraction of sp³-hybridized carbons (Fsp3) is 0.373. The Labute approximate surface area is 358 Å². The van der Waals surface area contributed by atoms with E-state index in [1.807, 2.05) is 55.5 Å². The first-order valence-electron chi connectivity index (χ1n) is 21.4. The van der Waals surface area contributed by atoms with Crippen molar-refractivity contribution in [2.45, 2.75) is 86.9 Å². The summed E-state index contributed by atoms with van der Waals surface area (Å²) in [6, 6.07) is 37.4. The van der Waals surface area contributed by atoms with Gasteiger partial charge in [0.1, 0.15) is 24.7 Å². The van der Waals surface area contributed by atoms with Gasteiger partial charge in [0, 0.05) is 41.7 Å². The van der Waals surface area contributed by atoms with Crippen molar-refractivity contribution in [3.63, 3.8) is 0 Å².